The number of phenols is 1. The Bertz CT molecular complexity index is 737. The van der Waals surface area contributed by atoms with Gasteiger partial charge in [-0.3, -0.25) is 0 Å². The second-order valence-electron chi connectivity index (χ2n) is 5.26. The van der Waals surface area contributed by atoms with E-state index in [0.717, 1.165) is 16.7 Å². The zero-order valence-corrected chi connectivity index (χ0v) is 14.8. The average Bonchev–Trinajstić information content (AvgIpc) is 2.53. The lowest BCUT2D eigenvalue weighted by molar-refractivity contribution is 0.0596. The Balaban J connectivity index is 2.82. The summed E-state index contributed by atoms with van der Waals surface area (Å²) in [4.78, 5) is 12.1. The number of hydrogen-bond donors (Lipinski definition) is 1. The minimum atomic E-state index is -0.564. The smallest absolute Gasteiger partial charge is 0.341 e. The maximum absolute atomic E-state index is 12.1. The molecule has 3 nitrogen and oxygen atoms in total. The topological polar surface area (TPSA) is 46.5 Å². The minimum absolute atomic E-state index is 0.0764. The van der Waals surface area contributed by atoms with E-state index in [2.05, 4.69) is 0 Å². The van der Waals surface area contributed by atoms with E-state index in [9.17, 15) is 9.90 Å². The van der Waals surface area contributed by atoms with E-state index >= 15 is 0 Å². The number of halogens is 2. The molecule has 0 saturated heterocycles. The summed E-state index contributed by atoms with van der Waals surface area (Å²) in [7, 11) is 1.30. The molecule has 0 amide bonds. The summed E-state index contributed by atoms with van der Waals surface area (Å²) < 4.78 is 4.83. The molecule has 0 aliphatic carbocycles. The molecule has 0 aromatic heterocycles. The highest BCUT2D eigenvalue weighted by molar-refractivity contribution is 6.30. The van der Waals surface area contributed by atoms with Crippen LogP contribution in [0.1, 0.15) is 27.0 Å². The van der Waals surface area contributed by atoms with Crippen LogP contribution in [-0.2, 0) is 11.2 Å². The van der Waals surface area contributed by atoms with Gasteiger partial charge in [0.05, 0.1) is 7.11 Å². The number of carbonyl (C=O) groups is 1. The summed E-state index contributed by atoms with van der Waals surface area (Å²) in [5, 5.41) is 11.3. The number of phenolic OH excluding ortho intramolecular Hbond substituents is 1. The average molecular weight is 353 g/mol. The molecular weight excluding hydrogens is 335 g/mol. The van der Waals surface area contributed by atoms with Crippen LogP contribution in [0.3, 0.4) is 0 Å². The van der Waals surface area contributed by atoms with E-state index in [0.29, 0.717) is 28.5 Å². The molecule has 0 fully saturated rings. The van der Waals surface area contributed by atoms with Crippen LogP contribution in [-0.4, -0.2) is 24.1 Å². The quantitative estimate of drug-likeness (QED) is 0.628. The summed E-state index contributed by atoms with van der Waals surface area (Å²) in [6.07, 6.45) is 0.601. The lowest BCUT2D eigenvalue weighted by Crippen LogP contribution is -2.10. The van der Waals surface area contributed by atoms with E-state index < -0.39 is 5.97 Å². The third-order valence-electron chi connectivity index (χ3n) is 4.00. The van der Waals surface area contributed by atoms with E-state index in [1.807, 2.05) is 19.1 Å². The molecule has 0 atom stereocenters. The van der Waals surface area contributed by atoms with Crippen LogP contribution in [0.15, 0.2) is 24.3 Å². The van der Waals surface area contributed by atoms with Crippen LogP contribution >= 0.6 is 23.2 Å². The van der Waals surface area contributed by atoms with Crippen LogP contribution in [0, 0.1) is 13.8 Å². The molecule has 0 heterocycles. The molecule has 2 aromatic carbocycles. The first-order valence-electron chi connectivity index (χ1n) is 7.17. The van der Waals surface area contributed by atoms with Gasteiger partial charge in [-0.25, -0.2) is 4.79 Å². The van der Waals surface area contributed by atoms with Crippen LogP contribution in [0.2, 0.25) is 5.02 Å². The number of esters is 1. The Labute approximate surface area is 145 Å². The van der Waals surface area contributed by atoms with Gasteiger partial charge in [-0.2, -0.15) is 0 Å². The van der Waals surface area contributed by atoms with Crippen molar-refractivity contribution in [2.75, 3.05) is 13.0 Å². The molecule has 0 spiro atoms. The summed E-state index contributed by atoms with van der Waals surface area (Å²) in [5.41, 5.74) is 4.12. The van der Waals surface area contributed by atoms with Crippen molar-refractivity contribution >= 4 is 29.2 Å². The maximum Gasteiger partial charge on any atom is 0.341 e. The lowest BCUT2D eigenvalue weighted by Gasteiger charge is -2.20. The monoisotopic (exact) mass is 352 g/mol. The Kier molecular flexibility index (Phi) is 5.55. The molecule has 122 valence electrons. The largest absolute Gasteiger partial charge is 0.506 e. The van der Waals surface area contributed by atoms with Gasteiger partial charge < -0.3 is 9.84 Å². The minimum Gasteiger partial charge on any atom is -0.506 e. The fourth-order valence-electron chi connectivity index (χ4n) is 2.85. The Morgan fingerprint density at radius 2 is 1.78 bits per heavy atom. The van der Waals surface area contributed by atoms with Gasteiger partial charge in [-0.05, 0) is 54.7 Å². The van der Waals surface area contributed by atoms with Crippen molar-refractivity contribution in [1.82, 2.24) is 0 Å². The molecule has 0 unspecified atom stereocenters. The highest BCUT2D eigenvalue weighted by atomic mass is 35.5. The first kappa shape index (κ1) is 17.6. The van der Waals surface area contributed by atoms with Crippen LogP contribution in [0.4, 0.5) is 0 Å². The second kappa shape index (κ2) is 7.24. The SMILES string of the molecule is COC(=O)c1c(C)c(CCCl)c(C)c(-c2ccc(Cl)cc2)c1O. The van der Waals surface area contributed by atoms with Gasteiger partial charge in [-0.1, -0.05) is 23.7 Å². The Hall–Kier alpha value is -1.71. The number of methoxy groups -OCH3 is 1. The Morgan fingerprint density at radius 3 is 2.30 bits per heavy atom. The number of carbonyl (C=O) groups excluding carboxylic acids is 1. The molecule has 23 heavy (non-hydrogen) atoms. The molecule has 5 heteroatoms. The van der Waals surface area contributed by atoms with Crippen molar-refractivity contribution in [1.29, 1.82) is 0 Å². The van der Waals surface area contributed by atoms with Crippen molar-refractivity contribution < 1.29 is 14.6 Å². The van der Waals surface area contributed by atoms with Crippen LogP contribution < -0.4 is 0 Å². The van der Waals surface area contributed by atoms with E-state index in [1.165, 1.54) is 7.11 Å². The van der Waals surface area contributed by atoms with Crippen molar-refractivity contribution in [2.24, 2.45) is 0 Å². The zero-order valence-electron chi connectivity index (χ0n) is 13.2. The fourth-order valence-corrected chi connectivity index (χ4v) is 3.17. The van der Waals surface area contributed by atoms with Crippen molar-refractivity contribution in [3.8, 4) is 16.9 Å². The predicted octanol–water partition coefficient (Wildman–Crippen LogP) is 4.90. The first-order valence-corrected chi connectivity index (χ1v) is 8.08. The molecular formula is C18H18Cl2O3. The number of ether oxygens (including phenoxy) is 1. The molecule has 0 radical (unpaired) electrons. The van der Waals surface area contributed by atoms with Crippen molar-refractivity contribution in [3.63, 3.8) is 0 Å². The molecule has 0 aliphatic rings. The highest BCUT2D eigenvalue weighted by Crippen LogP contribution is 2.40. The van der Waals surface area contributed by atoms with Crippen LogP contribution in [0.5, 0.6) is 5.75 Å². The number of benzene rings is 2. The molecule has 1 N–H and O–H groups in total. The van der Waals surface area contributed by atoms with Gasteiger partial charge in [0, 0.05) is 16.5 Å². The number of rotatable bonds is 4. The van der Waals surface area contributed by atoms with Gasteiger partial charge in [0.25, 0.3) is 0 Å². The number of hydrogen-bond acceptors (Lipinski definition) is 3. The summed E-state index contributed by atoms with van der Waals surface area (Å²) in [5.74, 6) is -0.217. The van der Waals surface area contributed by atoms with E-state index in [1.54, 1.807) is 19.1 Å². The fraction of sp³-hybridized carbons (Fsp3) is 0.278. The van der Waals surface area contributed by atoms with Crippen LogP contribution in [0.25, 0.3) is 11.1 Å². The van der Waals surface area contributed by atoms with E-state index in [4.69, 9.17) is 27.9 Å². The zero-order chi connectivity index (χ0) is 17.1. The third-order valence-corrected chi connectivity index (χ3v) is 4.44. The number of alkyl halides is 1. The summed E-state index contributed by atoms with van der Waals surface area (Å²) in [6.45, 7) is 3.71. The molecule has 0 bridgehead atoms. The van der Waals surface area contributed by atoms with Crippen molar-refractivity contribution in [2.45, 2.75) is 20.3 Å². The van der Waals surface area contributed by atoms with Gasteiger partial charge in [0.2, 0.25) is 0 Å². The second-order valence-corrected chi connectivity index (χ2v) is 6.08. The standard InChI is InChI=1S/C18H18Cl2O3/c1-10-14(8-9-19)11(2)16(18(22)23-3)17(21)15(10)12-4-6-13(20)7-5-12/h4-7,21H,8-9H2,1-3H3. The number of aromatic hydroxyl groups is 1. The molecule has 0 saturated carbocycles. The highest BCUT2D eigenvalue weighted by Gasteiger charge is 2.24. The molecule has 2 rings (SSSR count). The normalized spacial score (nSPS) is 10.7. The van der Waals surface area contributed by atoms with Crippen molar-refractivity contribution in [3.05, 3.63) is 51.5 Å². The first-order chi connectivity index (χ1) is 10.9. The van der Waals surface area contributed by atoms with E-state index in [-0.39, 0.29) is 11.3 Å². The van der Waals surface area contributed by atoms with Gasteiger partial charge >= 0.3 is 5.97 Å². The predicted molar refractivity (Wildman–Crippen MR) is 93.8 cm³/mol. The van der Waals surface area contributed by atoms with Gasteiger partial charge in [0.15, 0.2) is 0 Å². The van der Waals surface area contributed by atoms with Gasteiger partial charge in [-0.15, -0.1) is 11.6 Å². The lowest BCUT2D eigenvalue weighted by atomic mass is 9.87. The molecule has 2 aromatic rings. The Morgan fingerprint density at radius 1 is 1.17 bits per heavy atom. The van der Waals surface area contributed by atoms with Gasteiger partial charge in [0.1, 0.15) is 11.3 Å². The molecule has 0 aliphatic heterocycles. The third kappa shape index (κ3) is 3.31. The maximum atomic E-state index is 12.1. The summed E-state index contributed by atoms with van der Waals surface area (Å²) in [6, 6.07) is 7.11. The summed E-state index contributed by atoms with van der Waals surface area (Å²) >= 11 is 11.8.